The first-order chi connectivity index (χ1) is 11.0. The Labute approximate surface area is 138 Å². The average molecular weight is 320 g/mol. The maximum atomic E-state index is 12.4. The number of amides is 2. The number of morpholine rings is 1. The number of aromatic nitrogens is 1. The summed E-state index contributed by atoms with van der Waals surface area (Å²) < 4.78 is 5.46. The van der Waals surface area contributed by atoms with E-state index in [4.69, 9.17) is 4.74 Å². The normalized spacial score (nSPS) is 21.5. The number of pyridine rings is 1. The Kier molecular flexibility index (Phi) is 6.36. The van der Waals surface area contributed by atoms with Gasteiger partial charge in [-0.1, -0.05) is 6.07 Å². The van der Waals surface area contributed by atoms with Gasteiger partial charge in [-0.25, -0.2) is 4.79 Å². The van der Waals surface area contributed by atoms with E-state index in [9.17, 15) is 4.79 Å². The lowest BCUT2D eigenvalue weighted by molar-refractivity contribution is -0.0178. The Balaban J connectivity index is 1.84. The van der Waals surface area contributed by atoms with Crippen LogP contribution in [0, 0.1) is 0 Å². The molecule has 1 fully saturated rings. The minimum atomic E-state index is -0.0610. The van der Waals surface area contributed by atoms with Crippen molar-refractivity contribution < 1.29 is 9.53 Å². The van der Waals surface area contributed by atoms with Gasteiger partial charge in [-0.05, 0) is 32.4 Å². The monoisotopic (exact) mass is 320 g/mol. The standard InChI is InChI=1S/C17H28N4O2/c1-13(21-8-9-23-12-14(21)2)10-19-17(22)20(4)15(3)16-6-5-7-18-11-16/h5-7,11,13-15H,8-10,12H2,1-4H3,(H,19,22)/t13-,14+,15-/m0/s1. The van der Waals surface area contributed by atoms with Gasteiger partial charge in [0.05, 0.1) is 19.3 Å². The Hall–Kier alpha value is -1.66. The van der Waals surface area contributed by atoms with Crippen molar-refractivity contribution in [2.75, 3.05) is 33.4 Å². The van der Waals surface area contributed by atoms with Crippen molar-refractivity contribution in [3.63, 3.8) is 0 Å². The van der Waals surface area contributed by atoms with Gasteiger partial charge >= 0.3 is 6.03 Å². The summed E-state index contributed by atoms with van der Waals surface area (Å²) in [6.07, 6.45) is 3.54. The molecular formula is C17H28N4O2. The van der Waals surface area contributed by atoms with Crippen LogP contribution in [0.2, 0.25) is 0 Å². The first kappa shape index (κ1) is 17.7. The highest BCUT2D eigenvalue weighted by Crippen LogP contribution is 2.17. The summed E-state index contributed by atoms with van der Waals surface area (Å²) in [5.74, 6) is 0. The van der Waals surface area contributed by atoms with Crippen LogP contribution in [0.5, 0.6) is 0 Å². The quantitative estimate of drug-likeness (QED) is 0.900. The van der Waals surface area contributed by atoms with E-state index in [2.05, 4.69) is 29.0 Å². The molecule has 0 unspecified atom stereocenters. The molecule has 2 heterocycles. The minimum Gasteiger partial charge on any atom is -0.379 e. The topological polar surface area (TPSA) is 57.7 Å². The molecule has 23 heavy (non-hydrogen) atoms. The largest absolute Gasteiger partial charge is 0.379 e. The number of rotatable bonds is 5. The second-order valence-electron chi connectivity index (χ2n) is 6.27. The molecule has 1 aromatic rings. The molecule has 3 atom stereocenters. The summed E-state index contributed by atoms with van der Waals surface area (Å²) in [6, 6.07) is 4.48. The van der Waals surface area contributed by atoms with E-state index in [1.165, 1.54) is 0 Å². The Bertz CT molecular complexity index is 497. The number of carbonyl (C=O) groups excluding carboxylic acids is 1. The molecule has 1 aliphatic rings. The molecule has 1 saturated heterocycles. The maximum Gasteiger partial charge on any atom is 0.317 e. The summed E-state index contributed by atoms with van der Waals surface area (Å²) in [6.45, 7) is 9.38. The highest BCUT2D eigenvalue weighted by Gasteiger charge is 2.24. The molecule has 1 aliphatic heterocycles. The SMILES string of the molecule is C[C@@H]1COCCN1[C@@H](C)CNC(=O)N(C)[C@@H](C)c1cccnc1. The lowest BCUT2D eigenvalue weighted by atomic mass is 10.1. The van der Waals surface area contributed by atoms with Crippen molar-refractivity contribution in [1.82, 2.24) is 20.1 Å². The predicted octanol–water partition coefficient (Wildman–Crippen LogP) is 1.89. The highest BCUT2D eigenvalue weighted by atomic mass is 16.5. The van der Waals surface area contributed by atoms with Crippen molar-refractivity contribution in [2.45, 2.75) is 38.9 Å². The molecule has 2 rings (SSSR count). The summed E-state index contributed by atoms with van der Waals surface area (Å²) in [7, 11) is 1.81. The molecule has 0 radical (unpaired) electrons. The van der Waals surface area contributed by atoms with Gasteiger partial charge < -0.3 is 15.0 Å². The highest BCUT2D eigenvalue weighted by molar-refractivity contribution is 5.74. The maximum absolute atomic E-state index is 12.4. The van der Waals surface area contributed by atoms with Gasteiger partial charge in [0, 0.05) is 44.6 Å². The molecule has 2 amide bonds. The first-order valence-electron chi connectivity index (χ1n) is 8.24. The summed E-state index contributed by atoms with van der Waals surface area (Å²) >= 11 is 0. The van der Waals surface area contributed by atoms with Gasteiger partial charge in [0.2, 0.25) is 0 Å². The molecule has 0 spiro atoms. The fourth-order valence-electron chi connectivity index (χ4n) is 2.89. The third-order valence-corrected chi connectivity index (χ3v) is 4.60. The summed E-state index contributed by atoms with van der Waals surface area (Å²) in [4.78, 5) is 20.6. The van der Waals surface area contributed by atoms with Crippen molar-refractivity contribution in [3.05, 3.63) is 30.1 Å². The van der Waals surface area contributed by atoms with Crippen molar-refractivity contribution >= 4 is 6.03 Å². The van der Waals surface area contributed by atoms with Crippen LogP contribution in [0.3, 0.4) is 0 Å². The number of hydrogen-bond acceptors (Lipinski definition) is 4. The third-order valence-electron chi connectivity index (χ3n) is 4.60. The molecule has 0 bridgehead atoms. The Morgan fingerprint density at radius 3 is 3.00 bits per heavy atom. The number of carbonyl (C=O) groups is 1. The van der Waals surface area contributed by atoms with Crippen LogP contribution in [0.1, 0.15) is 32.4 Å². The van der Waals surface area contributed by atoms with Crippen LogP contribution >= 0.6 is 0 Å². The van der Waals surface area contributed by atoms with Crippen LogP contribution in [0.4, 0.5) is 4.79 Å². The van der Waals surface area contributed by atoms with Crippen LogP contribution in [-0.4, -0.2) is 66.2 Å². The zero-order valence-electron chi connectivity index (χ0n) is 14.5. The number of hydrogen-bond donors (Lipinski definition) is 1. The zero-order valence-corrected chi connectivity index (χ0v) is 14.5. The fraction of sp³-hybridized carbons (Fsp3) is 0.647. The summed E-state index contributed by atoms with van der Waals surface area (Å²) in [5, 5.41) is 3.03. The minimum absolute atomic E-state index is 0.0127. The van der Waals surface area contributed by atoms with Gasteiger partial charge in [0.15, 0.2) is 0 Å². The second kappa shape index (κ2) is 8.26. The molecule has 1 aromatic heterocycles. The van der Waals surface area contributed by atoms with Gasteiger partial charge in [-0.15, -0.1) is 0 Å². The van der Waals surface area contributed by atoms with Crippen molar-refractivity contribution in [2.24, 2.45) is 0 Å². The van der Waals surface area contributed by atoms with Gasteiger partial charge in [0.25, 0.3) is 0 Å². The smallest absolute Gasteiger partial charge is 0.317 e. The van der Waals surface area contributed by atoms with E-state index in [1.807, 2.05) is 26.1 Å². The van der Waals surface area contributed by atoms with Gasteiger partial charge in [0.1, 0.15) is 0 Å². The van der Waals surface area contributed by atoms with E-state index < -0.39 is 0 Å². The van der Waals surface area contributed by atoms with Crippen molar-refractivity contribution in [1.29, 1.82) is 0 Å². The number of ether oxygens (including phenoxy) is 1. The Morgan fingerprint density at radius 2 is 2.35 bits per heavy atom. The second-order valence-corrected chi connectivity index (χ2v) is 6.27. The van der Waals surface area contributed by atoms with Gasteiger partial charge in [-0.2, -0.15) is 0 Å². The number of urea groups is 1. The molecule has 0 saturated carbocycles. The fourth-order valence-corrected chi connectivity index (χ4v) is 2.89. The predicted molar refractivity (Wildman–Crippen MR) is 90.3 cm³/mol. The number of nitrogens with one attached hydrogen (secondary N) is 1. The average Bonchev–Trinajstić information content (AvgIpc) is 2.59. The van der Waals surface area contributed by atoms with Crippen LogP contribution < -0.4 is 5.32 Å². The molecular weight excluding hydrogens is 292 g/mol. The lowest BCUT2D eigenvalue weighted by Crippen LogP contribution is -2.53. The molecule has 128 valence electrons. The lowest BCUT2D eigenvalue weighted by Gasteiger charge is -2.38. The van der Waals surface area contributed by atoms with Crippen LogP contribution in [-0.2, 0) is 4.74 Å². The first-order valence-corrected chi connectivity index (χ1v) is 8.24. The molecule has 6 heteroatoms. The summed E-state index contributed by atoms with van der Waals surface area (Å²) in [5.41, 5.74) is 1.03. The molecule has 1 N–H and O–H groups in total. The molecule has 0 aromatic carbocycles. The van der Waals surface area contributed by atoms with Crippen molar-refractivity contribution in [3.8, 4) is 0 Å². The number of nitrogens with zero attached hydrogens (tertiary/aromatic N) is 3. The van der Waals surface area contributed by atoms with E-state index in [1.54, 1.807) is 17.3 Å². The van der Waals surface area contributed by atoms with E-state index in [-0.39, 0.29) is 12.1 Å². The Morgan fingerprint density at radius 1 is 1.57 bits per heavy atom. The van der Waals surface area contributed by atoms with Crippen LogP contribution in [0.25, 0.3) is 0 Å². The molecule has 0 aliphatic carbocycles. The van der Waals surface area contributed by atoms with E-state index >= 15 is 0 Å². The molecule has 6 nitrogen and oxygen atoms in total. The van der Waals surface area contributed by atoms with E-state index in [0.717, 1.165) is 25.3 Å². The van der Waals surface area contributed by atoms with E-state index in [0.29, 0.717) is 18.6 Å². The van der Waals surface area contributed by atoms with Gasteiger partial charge in [-0.3, -0.25) is 9.88 Å². The zero-order chi connectivity index (χ0) is 16.8. The van der Waals surface area contributed by atoms with Crippen LogP contribution in [0.15, 0.2) is 24.5 Å². The third kappa shape index (κ3) is 4.65.